The van der Waals surface area contributed by atoms with Crippen molar-refractivity contribution in [1.29, 1.82) is 0 Å². The van der Waals surface area contributed by atoms with Crippen molar-refractivity contribution in [3.05, 3.63) is 35.1 Å². The molecule has 0 bridgehead atoms. The van der Waals surface area contributed by atoms with E-state index < -0.39 is 0 Å². The van der Waals surface area contributed by atoms with Gasteiger partial charge in [-0.3, -0.25) is 9.47 Å². The van der Waals surface area contributed by atoms with Crippen LogP contribution in [0.4, 0.5) is 0 Å². The Morgan fingerprint density at radius 2 is 1.69 bits per heavy atom. The van der Waals surface area contributed by atoms with Crippen LogP contribution in [-0.2, 0) is 6.67 Å². The van der Waals surface area contributed by atoms with Gasteiger partial charge in [0.15, 0.2) is 10.6 Å². The van der Waals surface area contributed by atoms with Crippen LogP contribution in [0.25, 0.3) is 11.4 Å². The Morgan fingerprint density at radius 1 is 1.00 bits per heavy atom. The molecule has 0 unspecified atom stereocenters. The van der Waals surface area contributed by atoms with Crippen LogP contribution in [-0.4, -0.2) is 32.3 Å². The average Bonchev–Trinajstić information content (AvgIpc) is 3.01. The van der Waals surface area contributed by atoms with Gasteiger partial charge in [-0.05, 0) is 43.8 Å². The first-order valence-electron chi connectivity index (χ1n) is 10.2. The number of hydrogen-bond donors (Lipinski definition) is 0. The van der Waals surface area contributed by atoms with E-state index in [0.717, 1.165) is 36.3 Å². The van der Waals surface area contributed by atoms with Gasteiger partial charge < -0.3 is 0 Å². The molecule has 1 saturated carbocycles. The molecule has 1 saturated heterocycles. The summed E-state index contributed by atoms with van der Waals surface area (Å²) in [5.74, 6) is 1.90. The lowest BCUT2D eigenvalue weighted by Crippen LogP contribution is -2.34. The fourth-order valence-corrected chi connectivity index (χ4v) is 4.69. The molecule has 2 aromatic rings. The van der Waals surface area contributed by atoms with Gasteiger partial charge in [-0.15, -0.1) is 0 Å². The molecule has 0 N–H and O–H groups in total. The Kier molecular flexibility index (Phi) is 5.55. The maximum absolute atomic E-state index is 5.92. The van der Waals surface area contributed by atoms with Gasteiger partial charge >= 0.3 is 0 Å². The van der Waals surface area contributed by atoms with Gasteiger partial charge in [0.25, 0.3) is 0 Å². The molecule has 2 aliphatic rings. The molecular formula is C21H30N4S. The van der Waals surface area contributed by atoms with Crippen molar-refractivity contribution in [3.63, 3.8) is 0 Å². The molecule has 0 spiro atoms. The number of benzene rings is 1. The summed E-state index contributed by atoms with van der Waals surface area (Å²) in [5.41, 5.74) is 1.18. The standard InChI is InChI=1S/C21H30N4S/c1-17-12-14-23(15-13-17)16-24-21(26)25(19-10-6-3-7-11-19)20(22-24)18-8-4-2-5-9-18/h2,4-5,8-9,17,19H,3,6-7,10-16H2,1H3. The maximum Gasteiger partial charge on any atom is 0.199 e. The van der Waals surface area contributed by atoms with Gasteiger partial charge in [-0.25, -0.2) is 4.68 Å². The van der Waals surface area contributed by atoms with Crippen molar-refractivity contribution in [3.8, 4) is 11.4 Å². The summed E-state index contributed by atoms with van der Waals surface area (Å²) in [6.45, 7) is 5.49. The summed E-state index contributed by atoms with van der Waals surface area (Å²) < 4.78 is 5.33. The Balaban J connectivity index is 1.67. The molecule has 0 amide bonds. The van der Waals surface area contributed by atoms with Crippen LogP contribution in [0.2, 0.25) is 0 Å². The van der Waals surface area contributed by atoms with Crippen molar-refractivity contribution >= 4 is 12.2 Å². The van der Waals surface area contributed by atoms with Crippen LogP contribution < -0.4 is 0 Å². The molecule has 1 aromatic heterocycles. The van der Waals surface area contributed by atoms with Gasteiger partial charge in [0, 0.05) is 24.7 Å². The van der Waals surface area contributed by atoms with E-state index in [2.05, 4.69) is 51.4 Å². The Bertz CT molecular complexity index is 765. The van der Waals surface area contributed by atoms with Gasteiger partial charge in [-0.2, -0.15) is 5.10 Å². The molecule has 0 radical (unpaired) electrons. The smallest absolute Gasteiger partial charge is 0.199 e. The first-order valence-corrected chi connectivity index (χ1v) is 10.6. The number of nitrogens with zero attached hydrogens (tertiary/aromatic N) is 4. The topological polar surface area (TPSA) is 26.0 Å². The zero-order valence-corrected chi connectivity index (χ0v) is 16.6. The highest BCUT2D eigenvalue weighted by Crippen LogP contribution is 2.32. The molecular weight excluding hydrogens is 340 g/mol. The number of likely N-dealkylation sites (tertiary alicyclic amines) is 1. The first-order chi connectivity index (χ1) is 12.7. The third-order valence-electron chi connectivity index (χ3n) is 6.05. The van der Waals surface area contributed by atoms with Crippen LogP contribution in [0, 0.1) is 10.7 Å². The molecule has 2 fully saturated rings. The number of hydrogen-bond acceptors (Lipinski definition) is 3. The summed E-state index contributed by atoms with van der Waals surface area (Å²) in [6, 6.07) is 11.1. The SMILES string of the molecule is CC1CCN(Cn2nc(-c3ccccc3)n(C3CCCCC3)c2=S)CC1. The average molecular weight is 371 g/mol. The summed E-state index contributed by atoms with van der Waals surface area (Å²) in [5, 5.41) is 5.00. The second kappa shape index (κ2) is 8.05. The normalized spacial score (nSPS) is 20.5. The van der Waals surface area contributed by atoms with Gasteiger partial charge in [0.1, 0.15) is 0 Å². The number of rotatable bonds is 4. The number of piperidine rings is 1. The van der Waals surface area contributed by atoms with E-state index >= 15 is 0 Å². The monoisotopic (exact) mass is 370 g/mol. The second-order valence-corrected chi connectivity index (χ2v) is 8.44. The molecule has 2 heterocycles. The van der Waals surface area contributed by atoms with Gasteiger partial charge in [0.2, 0.25) is 0 Å². The van der Waals surface area contributed by atoms with E-state index in [9.17, 15) is 0 Å². The largest absolute Gasteiger partial charge is 0.297 e. The lowest BCUT2D eigenvalue weighted by atomic mass is 9.95. The minimum Gasteiger partial charge on any atom is -0.297 e. The summed E-state index contributed by atoms with van der Waals surface area (Å²) in [7, 11) is 0. The molecule has 1 aliphatic heterocycles. The van der Waals surface area contributed by atoms with Crippen molar-refractivity contribution in [2.24, 2.45) is 5.92 Å². The van der Waals surface area contributed by atoms with Crippen LogP contribution >= 0.6 is 12.2 Å². The molecule has 1 aromatic carbocycles. The van der Waals surface area contributed by atoms with E-state index in [1.165, 1.54) is 50.5 Å². The van der Waals surface area contributed by atoms with Crippen molar-refractivity contribution in [2.45, 2.75) is 64.6 Å². The summed E-state index contributed by atoms with van der Waals surface area (Å²) in [4.78, 5) is 2.50. The van der Waals surface area contributed by atoms with E-state index in [1.54, 1.807) is 0 Å². The van der Waals surface area contributed by atoms with E-state index in [-0.39, 0.29) is 0 Å². The minimum atomic E-state index is 0.501. The molecule has 0 atom stereocenters. The molecule has 1 aliphatic carbocycles. The van der Waals surface area contributed by atoms with Crippen molar-refractivity contribution in [1.82, 2.24) is 19.2 Å². The second-order valence-electron chi connectivity index (χ2n) is 8.08. The minimum absolute atomic E-state index is 0.501. The zero-order valence-electron chi connectivity index (χ0n) is 15.8. The lowest BCUT2D eigenvalue weighted by molar-refractivity contribution is 0.145. The maximum atomic E-state index is 5.92. The zero-order chi connectivity index (χ0) is 17.9. The van der Waals surface area contributed by atoms with E-state index in [1.807, 2.05) is 0 Å². The highest BCUT2D eigenvalue weighted by Gasteiger charge is 2.24. The highest BCUT2D eigenvalue weighted by atomic mass is 32.1. The summed E-state index contributed by atoms with van der Waals surface area (Å²) in [6.07, 6.45) is 8.96. The summed E-state index contributed by atoms with van der Waals surface area (Å²) >= 11 is 5.92. The molecule has 4 rings (SSSR count). The molecule has 5 heteroatoms. The van der Waals surface area contributed by atoms with Gasteiger partial charge in [0.05, 0.1) is 6.67 Å². The van der Waals surface area contributed by atoms with E-state index in [4.69, 9.17) is 17.3 Å². The third-order valence-corrected chi connectivity index (χ3v) is 6.46. The van der Waals surface area contributed by atoms with Crippen LogP contribution in [0.15, 0.2) is 30.3 Å². The predicted molar refractivity (Wildman–Crippen MR) is 109 cm³/mol. The lowest BCUT2D eigenvalue weighted by Gasteiger charge is -2.29. The van der Waals surface area contributed by atoms with Crippen LogP contribution in [0.5, 0.6) is 0 Å². The third kappa shape index (κ3) is 3.79. The first kappa shape index (κ1) is 17.9. The van der Waals surface area contributed by atoms with Crippen molar-refractivity contribution < 1.29 is 0 Å². The Morgan fingerprint density at radius 3 is 2.38 bits per heavy atom. The Labute approximate surface area is 161 Å². The van der Waals surface area contributed by atoms with Gasteiger partial charge in [-0.1, -0.05) is 56.5 Å². The van der Waals surface area contributed by atoms with E-state index in [0.29, 0.717) is 6.04 Å². The number of aromatic nitrogens is 3. The van der Waals surface area contributed by atoms with Crippen molar-refractivity contribution in [2.75, 3.05) is 13.1 Å². The molecule has 4 nitrogen and oxygen atoms in total. The molecule has 26 heavy (non-hydrogen) atoms. The fraction of sp³-hybridized carbons (Fsp3) is 0.619. The van der Waals surface area contributed by atoms with Crippen LogP contribution in [0.1, 0.15) is 57.9 Å². The van der Waals surface area contributed by atoms with Crippen LogP contribution in [0.3, 0.4) is 0 Å². The molecule has 140 valence electrons. The highest BCUT2D eigenvalue weighted by molar-refractivity contribution is 7.71. The quantitative estimate of drug-likeness (QED) is 0.685. The fourth-order valence-electron chi connectivity index (χ4n) is 4.36. The Hall–Kier alpha value is -1.46. The predicted octanol–water partition coefficient (Wildman–Crippen LogP) is 5.28.